The van der Waals surface area contributed by atoms with Crippen LogP contribution in [0.5, 0.6) is 0 Å². The predicted molar refractivity (Wildman–Crippen MR) is 223 cm³/mol. The van der Waals surface area contributed by atoms with Gasteiger partial charge in [-0.15, -0.1) is 0 Å². The summed E-state index contributed by atoms with van der Waals surface area (Å²) in [5.74, 6) is 4.70. The Kier molecular flexibility index (Phi) is 8.09. The Balaban J connectivity index is 1.11. The van der Waals surface area contributed by atoms with E-state index in [4.69, 9.17) is 0 Å². The van der Waals surface area contributed by atoms with E-state index in [9.17, 15) is 0 Å². The summed E-state index contributed by atoms with van der Waals surface area (Å²) in [6.07, 6.45) is 45.9. The number of hydrogen-bond donors (Lipinski definition) is 0. The second-order valence-electron chi connectivity index (χ2n) is 17.8. The van der Waals surface area contributed by atoms with E-state index in [0.29, 0.717) is 35.5 Å². The summed E-state index contributed by atoms with van der Waals surface area (Å²) < 4.78 is 0. The van der Waals surface area contributed by atoms with Crippen LogP contribution in [0.2, 0.25) is 0 Å². The van der Waals surface area contributed by atoms with E-state index >= 15 is 0 Å². The molecule has 0 heterocycles. The first-order chi connectivity index (χ1) is 26.0. The van der Waals surface area contributed by atoms with E-state index < -0.39 is 0 Å². The van der Waals surface area contributed by atoms with Crippen molar-refractivity contribution < 1.29 is 0 Å². The van der Waals surface area contributed by atoms with Crippen molar-refractivity contribution in [1.82, 2.24) is 0 Å². The van der Waals surface area contributed by atoms with Gasteiger partial charge in [0.05, 0.1) is 0 Å². The fourth-order valence-corrected chi connectivity index (χ4v) is 13.2. The van der Waals surface area contributed by atoms with Gasteiger partial charge in [-0.3, -0.25) is 0 Å². The SMILES string of the molecule is CC1CC(C2=CCCC=C2)=CC=C1N(C1=CC=C2C3C(C)CCCC3C3(C2C1)C1C=CC=C[C@H]1C1(C)C=CC=CC31)c1ccc(-c2ccccc2)cc1. The smallest absolute Gasteiger partial charge is 0.0455 e. The number of hydrogen-bond acceptors (Lipinski definition) is 1. The Morgan fingerprint density at radius 2 is 1.53 bits per heavy atom. The van der Waals surface area contributed by atoms with Gasteiger partial charge in [0.1, 0.15) is 0 Å². The Morgan fingerprint density at radius 3 is 2.32 bits per heavy atom. The fourth-order valence-electron chi connectivity index (χ4n) is 13.2. The van der Waals surface area contributed by atoms with E-state index in [1.807, 2.05) is 0 Å². The standard InChI is InChI=1S/C52H55N/c1-35-15-14-22-46-50(35)43-30-29-42(34-47(43)52(46)45-21-11-10-20-44(45)51(3)32-13-12-23-49(51)52)53(41-27-24-39(25-28-41)37-16-6-4-7-17-37)48-31-26-40(33-36(48)2)38-18-8-5-9-19-38/h4,6-8,10-13,16-21,23-32,35-36,44-47,49-50H,5,9,14-15,22,33-34H2,1-3H3/t35?,36?,44-,45?,46?,47?,49?,50?,51?,52?/m1/s1. The predicted octanol–water partition coefficient (Wildman–Crippen LogP) is 13.3. The first kappa shape index (κ1) is 33.2. The van der Waals surface area contributed by atoms with E-state index in [2.05, 4.69) is 171 Å². The lowest BCUT2D eigenvalue weighted by atomic mass is 9.54. The largest absolute Gasteiger partial charge is 0.318 e. The molecule has 9 unspecified atom stereocenters. The molecule has 1 nitrogen and oxygen atoms in total. The number of benzene rings is 2. The maximum absolute atomic E-state index is 2.70. The second kappa shape index (κ2) is 12.9. The molecule has 53 heavy (non-hydrogen) atoms. The molecule has 0 aliphatic heterocycles. The number of nitrogens with zero attached hydrogens (tertiary/aromatic N) is 1. The zero-order chi connectivity index (χ0) is 35.7. The van der Waals surface area contributed by atoms with Crippen LogP contribution in [0, 0.1) is 58.2 Å². The van der Waals surface area contributed by atoms with Crippen LogP contribution in [0.15, 0.2) is 174 Å². The van der Waals surface area contributed by atoms with Crippen molar-refractivity contribution in [3.05, 3.63) is 174 Å². The maximum atomic E-state index is 2.70. The summed E-state index contributed by atoms with van der Waals surface area (Å²) in [4.78, 5) is 2.70. The van der Waals surface area contributed by atoms with Crippen molar-refractivity contribution in [3.8, 4) is 11.1 Å². The Morgan fingerprint density at radius 1 is 0.736 bits per heavy atom. The zero-order valence-electron chi connectivity index (χ0n) is 31.9. The maximum Gasteiger partial charge on any atom is 0.0455 e. The van der Waals surface area contributed by atoms with Crippen molar-refractivity contribution in [2.45, 2.75) is 65.7 Å². The van der Waals surface area contributed by atoms with Crippen molar-refractivity contribution >= 4 is 5.69 Å². The van der Waals surface area contributed by atoms with Crippen LogP contribution in [-0.4, -0.2) is 0 Å². The molecular formula is C52H55N. The summed E-state index contributed by atoms with van der Waals surface area (Å²) in [6, 6.07) is 20.3. The molecule has 0 radical (unpaired) electrons. The summed E-state index contributed by atoms with van der Waals surface area (Å²) in [5, 5.41) is 0. The highest BCUT2D eigenvalue weighted by atomic mass is 15.2. The van der Waals surface area contributed by atoms with Crippen LogP contribution in [0.25, 0.3) is 11.1 Å². The highest BCUT2D eigenvalue weighted by molar-refractivity contribution is 5.69. The highest BCUT2D eigenvalue weighted by Crippen LogP contribution is 2.78. The number of rotatable bonds is 5. The van der Waals surface area contributed by atoms with Gasteiger partial charge in [-0.25, -0.2) is 0 Å². The van der Waals surface area contributed by atoms with Gasteiger partial charge in [0.2, 0.25) is 0 Å². The van der Waals surface area contributed by atoms with Gasteiger partial charge in [-0.1, -0.05) is 161 Å². The molecule has 3 saturated carbocycles. The topological polar surface area (TPSA) is 3.24 Å². The van der Waals surface area contributed by atoms with E-state index in [-0.39, 0.29) is 10.8 Å². The lowest BCUT2D eigenvalue weighted by Gasteiger charge is -2.50. The molecule has 0 amide bonds. The molecule has 2 aromatic carbocycles. The Bertz CT molecular complexity index is 2090. The van der Waals surface area contributed by atoms with Crippen molar-refractivity contribution in [1.29, 1.82) is 0 Å². The third-order valence-electron chi connectivity index (χ3n) is 15.3. The molecule has 8 aliphatic rings. The molecular weight excluding hydrogens is 639 g/mol. The molecule has 0 saturated heterocycles. The Hall–Kier alpha value is -4.36. The van der Waals surface area contributed by atoms with E-state index in [0.717, 1.165) is 37.5 Å². The monoisotopic (exact) mass is 693 g/mol. The third-order valence-corrected chi connectivity index (χ3v) is 15.3. The zero-order valence-corrected chi connectivity index (χ0v) is 31.9. The van der Waals surface area contributed by atoms with Gasteiger partial charge in [-0.05, 0) is 131 Å². The van der Waals surface area contributed by atoms with Crippen LogP contribution in [0.3, 0.4) is 0 Å². The average Bonchev–Trinajstić information content (AvgIpc) is 3.63. The second-order valence-corrected chi connectivity index (χ2v) is 17.8. The molecule has 0 bridgehead atoms. The minimum Gasteiger partial charge on any atom is -0.318 e. The van der Waals surface area contributed by atoms with Crippen LogP contribution < -0.4 is 4.90 Å². The lowest BCUT2D eigenvalue weighted by Crippen LogP contribution is -2.46. The molecule has 8 aliphatic carbocycles. The molecule has 0 N–H and O–H groups in total. The van der Waals surface area contributed by atoms with Gasteiger partial charge in [-0.2, -0.15) is 0 Å². The van der Waals surface area contributed by atoms with E-state index in [1.165, 1.54) is 58.6 Å². The number of anilines is 1. The van der Waals surface area contributed by atoms with Crippen LogP contribution in [0.1, 0.15) is 65.7 Å². The fraction of sp³-hybridized carbons (Fsp3) is 0.385. The van der Waals surface area contributed by atoms with Gasteiger partial charge in [0.15, 0.2) is 0 Å². The molecule has 10 atom stereocenters. The number of fused-ring (bicyclic) bond motifs is 10. The van der Waals surface area contributed by atoms with E-state index in [1.54, 1.807) is 5.57 Å². The average molecular weight is 694 g/mol. The first-order valence-electron chi connectivity index (χ1n) is 20.8. The molecule has 2 aromatic rings. The van der Waals surface area contributed by atoms with Crippen LogP contribution >= 0.6 is 0 Å². The van der Waals surface area contributed by atoms with Gasteiger partial charge in [0.25, 0.3) is 0 Å². The highest BCUT2D eigenvalue weighted by Gasteiger charge is 2.73. The lowest BCUT2D eigenvalue weighted by molar-refractivity contribution is 0.0115. The molecule has 0 aromatic heterocycles. The quantitative estimate of drug-likeness (QED) is 0.301. The van der Waals surface area contributed by atoms with Crippen molar-refractivity contribution in [2.24, 2.45) is 58.2 Å². The normalized spacial score (nSPS) is 37.5. The molecule has 1 spiro atoms. The summed E-state index contributed by atoms with van der Waals surface area (Å²) >= 11 is 0. The number of allylic oxidation sites excluding steroid dienone is 20. The summed E-state index contributed by atoms with van der Waals surface area (Å²) in [6.45, 7) is 7.65. The molecule has 268 valence electrons. The molecule has 3 fully saturated rings. The van der Waals surface area contributed by atoms with Crippen molar-refractivity contribution in [3.63, 3.8) is 0 Å². The minimum absolute atomic E-state index is 0.138. The van der Waals surface area contributed by atoms with Gasteiger partial charge < -0.3 is 4.90 Å². The van der Waals surface area contributed by atoms with Crippen LogP contribution in [-0.2, 0) is 0 Å². The molecule has 10 rings (SSSR count). The summed E-state index contributed by atoms with van der Waals surface area (Å²) in [7, 11) is 0. The van der Waals surface area contributed by atoms with Gasteiger partial charge >= 0.3 is 0 Å². The molecule has 1 heteroatoms. The third kappa shape index (κ3) is 5.02. The van der Waals surface area contributed by atoms with Gasteiger partial charge in [0, 0.05) is 23.0 Å². The van der Waals surface area contributed by atoms with Crippen LogP contribution in [0.4, 0.5) is 5.69 Å². The first-order valence-corrected chi connectivity index (χ1v) is 20.8. The van der Waals surface area contributed by atoms with Crippen molar-refractivity contribution in [2.75, 3.05) is 4.90 Å². The minimum atomic E-state index is 0.138. The Labute approximate surface area is 318 Å². The summed E-state index contributed by atoms with van der Waals surface area (Å²) in [5.41, 5.74) is 11.8.